The first-order valence-electron chi connectivity index (χ1n) is 7.12. The molecule has 108 valence electrons. The number of piperidine rings is 1. The SMILES string of the molecule is C=C1CCC2(CCN(c3nc4ncccc4s3)C2)C(=O)N1. The van der Waals surface area contributed by atoms with Crippen molar-refractivity contribution >= 4 is 32.7 Å². The zero-order chi connectivity index (χ0) is 14.4. The zero-order valence-corrected chi connectivity index (χ0v) is 12.4. The van der Waals surface area contributed by atoms with Crippen molar-refractivity contribution in [3.05, 3.63) is 30.6 Å². The molecule has 2 aliphatic rings. The molecule has 1 amide bonds. The highest BCUT2D eigenvalue weighted by molar-refractivity contribution is 7.22. The number of pyridine rings is 1. The van der Waals surface area contributed by atoms with Gasteiger partial charge in [-0.25, -0.2) is 4.98 Å². The van der Waals surface area contributed by atoms with E-state index in [-0.39, 0.29) is 11.3 Å². The molecule has 1 N–H and O–H groups in total. The van der Waals surface area contributed by atoms with Gasteiger partial charge in [0.2, 0.25) is 5.91 Å². The van der Waals surface area contributed by atoms with Gasteiger partial charge in [-0.3, -0.25) is 4.79 Å². The van der Waals surface area contributed by atoms with Crippen LogP contribution in [0.25, 0.3) is 10.3 Å². The Kier molecular flexibility index (Phi) is 2.75. The number of allylic oxidation sites excluding steroid dienone is 1. The lowest BCUT2D eigenvalue weighted by Crippen LogP contribution is -2.46. The van der Waals surface area contributed by atoms with Gasteiger partial charge >= 0.3 is 0 Å². The van der Waals surface area contributed by atoms with E-state index in [4.69, 9.17) is 0 Å². The first-order chi connectivity index (χ1) is 10.2. The third kappa shape index (κ3) is 2.01. The minimum absolute atomic E-state index is 0.125. The van der Waals surface area contributed by atoms with E-state index in [1.165, 1.54) is 0 Å². The lowest BCUT2D eigenvalue weighted by atomic mass is 9.78. The Morgan fingerprint density at radius 1 is 1.43 bits per heavy atom. The number of anilines is 1. The van der Waals surface area contributed by atoms with E-state index in [0.717, 1.165) is 53.5 Å². The lowest BCUT2D eigenvalue weighted by molar-refractivity contribution is -0.131. The summed E-state index contributed by atoms with van der Waals surface area (Å²) in [5.74, 6) is 0.125. The van der Waals surface area contributed by atoms with Gasteiger partial charge in [-0.05, 0) is 31.4 Å². The van der Waals surface area contributed by atoms with Crippen LogP contribution in [0.5, 0.6) is 0 Å². The van der Waals surface area contributed by atoms with Crippen molar-refractivity contribution in [1.82, 2.24) is 15.3 Å². The Hall–Kier alpha value is -1.95. The highest BCUT2D eigenvalue weighted by Gasteiger charge is 2.47. The summed E-state index contributed by atoms with van der Waals surface area (Å²) in [4.78, 5) is 23.5. The van der Waals surface area contributed by atoms with Gasteiger partial charge in [-0.1, -0.05) is 17.9 Å². The van der Waals surface area contributed by atoms with E-state index in [9.17, 15) is 4.79 Å². The number of carbonyl (C=O) groups is 1. The molecule has 0 aromatic carbocycles. The monoisotopic (exact) mass is 300 g/mol. The smallest absolute Gasteiger partial charge is 0.232 e. The van der Waals surface area contributed by atoms with Crippen molar-refractivity contribution in [2.45, 2.75) is 19.3 Å². The molecule has 2 aromatic rings. The molecule has 1 spiro atoms. The standard InChI is InChI=1S/C15H16N4OS/c1-10-4-5-15(13(20)17-10)6-8-19(9-15)14-18-12-11(21-14)3-2-7-16-12/h2-3,7H,1,4-6,8-9H2,(H,17,20). The van der Waals surface area contributed by atoms with Crippen LogP contribution < -0.4 is 10.2 Å². The van der Waals surface area contributed by atoms with Gasteiger partial charge < -0.3 is 10.2 Å². The fraction of sp³-hybridized carbons (Fsp3) is 0.400. The van der Waals surface area contributed by atoms with Crippen LogP contribution in [0.15, 0.2) is 30.6 Å². The fourth-order valence-electron chi connectivity index (χ4n) is 3.18. The summed E-state index contributed by atoms with van der Waals surface area (Å²) in [6.07, 6.45) is 4.41. The predicted molar refractivity (Wildman–Crippen MR) is 83.2 cm³/mol. The van der Waals surface area contributed by atoms with Gasteiger partial charge in [-0.15, -0.1) is 0 Å². The first-order valence-corrected chi connectivity index (χ1v) is 7.94. The number of carbonyl (C=O) groups excluding carboxylic acids is 1. The summed E-state index contributed by atoms with van der Waals surface area (Å²) in [5.41, 5.74) is 1.36. The maximum absolute atomic E-state index is 12.3. The molecule has 2 fully saturated rings. The molecule has 2 aromatic heterocycles. The van der Waals surface area contributed by atoms with E-state index in [0.29, 0.717) is 0 Å². The minimum atomic E-state index is -0.271. The van der Waals surface area contributed by atoms with E-state index in [1.54, 1.807) is 17.5 Å². The summed E-state index contributed by atoms with van der Waals surface area (Å²) in [5, 5.41) is 3.89. The first kappa shape index (κ1) is 12.8. The number of hydrogen-bond acceptors (Lipinski definition) is 5. The molecular weight excluding hydrogens is 284 g/mol. The molecule has 1 atom stereocenters. The number of rotatable bonds is 1. The Balaban J connectivity index is 1.61. The van der Waals surface area contributed by atoms with Crippen LogP contribution in [0.4, 0.5) is 5.13 Å². The average Bonchev–Trinajstić information content (AvgIpc) is 3.08. The van der Waals surface area contributed by atoms with E-state index in [1.807, 2.05) is 12.1 Å². The van der Waals surface area contributed by atoms with Crippen molar-refractivity contribution in [2.24, 2.45) is 5.41 Å². The van der Waals surface area contributed by atoms with Crippen LogP contribution in [0.3, 0.4) is 0 Å². The minimum Gasteiger partial charge on any atom is -0.347 e. The molecule has 0 aliphatic carbocycles. The number of amides is 1. The fourth-order valence-corrected chi connectivity index (χ4v) is 4.13. The van der Waals surface area contributed by atoms with Crippen molar-refractivity contribution in [2.75, 3.05) is 18.0 Å². The largest absolute Gasteiger partial charge is 0.347 e. The quantitative estimate of drug-likeness (QED) is 0.878. The van der Waals surface area contributed by atoms with Crippen molar-refractivity contribution in [1.29, 1.82) is 0 Å². The molecule has 0 bridgehead atoms. The number of hydrogen-bond donors (Lipinski definition) is 1. The van der Waals surface area contributed by atoms with Gasteiger partial charge in [0.15, 0.2) is 10.8 Å². The highest BCUT2D eigenvalue weighted by atomic mass is 32.1. The summed E-state index contributed by atoms with van der Waals surface area (Å²) in [6, 6.07) is 3.96. The third-order valence-electron chi connectivity index (χ3n) is 4.46. The molecular formula is C15H16N4OS. The van der Waals surface area contributed by atoms with Crippen molar-refractivity contribution in [3.8, 4) is 0 Å². The topological polar surface area (TPSA) is 58.1 Å². The van der Waals surface area contributed by atoms with Crippen LogP contribution in [0.2, 0.25) is 0 Å². The Labute approximate surface area is 126 Å². The number of nitrogens with one attached hydrogen (secondary N) is 1. The molecule has 0 saturated carbocycles. The van der Waals surface area contributed by atoms with Crippen LogP contribution >= 0.6 is 11.3 Å². The molecule has 6 heteroatoms. The number of aromatic nitrogens is 2. The molecule has 1 unspecified atom stereocenters. The third-order valence-corrected chi connectivity index (χ3v) is 5.53. The number of thiazole rings is 1. The lowest BCUT2D eigenvalue weighted by Gasteiger charge is -2.33. The van der Waals surface area contributed by atoms with Gasteiger partial charge in [0.05, 0.1) is 10.1 Å². The summed E-state index contributed by atoms with van der Waals surface area (Å²) < 4.78 is 1.09. The summed E-state index contributed by atoms with van der Waals surface area (Å²) in [7, 11) is 0. The van der Waals surface area contributed by atoms with Crippen molar-refractivity contribution in [3.63, 3.8) is 0 Å². The number of fused-ring (bicyclic) bond motifs is 1. The van der Waals surface area contributed by atoms with Crippen molar-refractivity contribution < 1.29 is 4.79 Å². The van der Waals surface area contributed by atoms with Crippen LogP contribution in [0.1, 0.15) is 19.3 Å². The second-order valence-electron chi connectivity index (χ2n) is 5.83. The molecule has 0 radical (unpaired) electrons. The average molecular weight is 300 g/mol. The normalized spacial score (nSPS) is 25.8. The number of nitrogens with zero attached hydrogens (tertiary/aromatic N) is 3. The zero-order valence-electron chi connectivity index (χ0n) is 11.6. The summed E-state index contributed by atoms with van der Waals surface area (Å²) >= 11 is 1.65. The van der Waals surface area contributed by atoms with Gasteiger partial charge in [0.1, 0.15) is 0 Å². The molecule has 2 aliphatic heterocycles. The second-order valence-corrected chi connectivity index (χ2v) is 6.84. The van der Waals surface area contributed by atoms with E-state index >= 15 is 0 Å². The second kappa shape index (κ2) is 4.53. The molecule has 2 saturated heterocycles. The van der Waals surface area contributed by atoms with E-state index in [2.05, 4.69) is 26.8 Å². The molecule has 21 heavy (non-hydrogen) atoms. The maximum atomic E-state index is 12.3. The Morgan fingerprint density at radius 3 is 3.14 bits per heavy atom. The molecule has 4 heterocycles. The predicted octanol–water partition coefficient (Wildman–Crippen LogP) is 2.31. The molecule has 4 rings (SSSR count). The van der Waals surface area contributed by atoms with Gasteiger partial charge in [0.25, 0.3) is 0 Å². The van der Waals surface area contributed by atoms with Crippen LogP contribution in [-0.4, -0.2) is 29.0 Å². The van der Waals surface area contributed by atoms with Crippen LogP contribution in [-0.2, 0) is 4.79 Å². The molecule has 5 nitrogen and oxygen atoms in total. The summed E-state index contributed by atoms with van der Waals surface area (Å²) in [6.45, 7) is 5.48. The van der Waals surface area contributed by atoms with E-state index < -0.39 is 0 Å². The van der Waals surface area contributed by atoms with Gasteiger partial charge in [0, 0.05) is 25.0 Å². The highest BCUT2D eigenvalue weighted by Crippen LogP contribution is 2.42. The van der Waals surface area contributed by atoms with Gasteiger partial charge in [-0.2, -0.15) is 4.98 Å². The van der Waals surface area contributed by atoms with Crippen LogP contribution in [0, 0.1) is 5.41 Å². The Bertz CT molecular complexity index is 707. The maximum Gasteiger partial charge on any atom is 0.232 e. The Morgan fingerprint density at radius 2 is 2.33 bits per heavy atom.